The lowest BCUT2D eigenvalue weighted by molar-refractivity contribution is -0.171. The minimum Gasteiger partial charge on any atom is -0.461 e. The van der Waals surface area contributed by atoms with Crippen LogP contribution in [-0.2, 0) is 36.8 Å². The predicted octanol–water partition coefficient (Wildman–Crippen LogP) is 9.79. The van der Waals surface area contributed by atoms with Gasteiger partial charge in [0.15, 0.2) is 5.60 Å². The number of esters is 2. The van der Waals surface area contributed by atoms with Crippen LogP contribution in [0.4, 0.5) is 0 Å². The SMILES string of the molecule is Cc1ccc(C#Cc2ccc3cc(C[C@H](C)C(=O)OC[C@]4(COCc5ccccc5)C/C(=C\CC(CC(C)C)CC(C)C)C(=O)O4)oc3c2)cc1. The molecule has 4 aromatic rings. The molecule has 2 heterocycles. The Morgan fingerprint density at radius 2 is 1.57 bits per heavy atom. The smallest absolute Gasteiger partial charge is 0.334 e. The second kappa shape index (κ2) is 17.6. The summed E-state index contributed by atoms with van der Waals surface area (Å²) in [6, 6.07) is 25.8. The second-order valence-electron chi connectivity index (χ2n) is 15.1. The van der Waals surface area contributed by atoms with Crippen molar-refractivity contribution >= 4 is 22.9 Å². The fourth-order valence-electron chi connectivity index (χ4n) is 6.71. The van der Waals surface area contributed by atoms with Crippen molar-refractivity contribution in [3.8, 4) is 11.8 Å². The number of ether oxygens (including phenoxy) is 3. The molecule has 1 aromatic heterocycles. The van der Waals surface area contributed by atoms with Gasteiger partial charge in [-0.15, -0.1) is 0 Å². The van der Waals surface area contributed by atoms with Gasteiger partial charge >= 0.3 is 11.9 Å². The van der Waals surface area contributed by atoms with Gasteiger partial charge < -0.3 is 18.6 Å². The average Bonchev–Trinajstić information content (AvgIpc) is 3.64. The van der Waals surface area contributed by atoms with Gasteiger partial charge in [-0.2, -0.15) is 0 Å². The van der Waals surface area contributed by atoms with Crippen LogP contribution in [0.3, 0.4) is 0 Å². The molecular weight excluding hydrogens is 636 g/mol. The minimum absolute atomic E-state index is 0.0847. The third-order valence-electron chi connectivity index (χ3n) is 9.23. The summed E-state index contributed by atoms with van der Waals surface area (Å²) >= 11 is 0. The lowest BCUT2D eigenvalue weighted by Crippen LogP contribution is -2.41. The van der Waals surface area contributed by atoms with Gasteiger partial charge in [0.2, 0.25) is 0 Å². The zero-order chi connectivity index (χ0) is 36.4. The highest BCUT2D eigenvalue weighted by Crippen LogP contribution is 2.34. The molecule has 3 aromatic carbocycles. The lowest BCUT2D eigenvalue weighted by Gasteiger charge is -2.27. The van der Waals surface area contributed by atoms with Gasteiger partial charge in [-0.3, -0.25) is 4.79 Å². The van der Waals surface area contributed by atoms with E-state index in [0.29, 0.717) is 48.5 Å². The minimum atomic E-state index is -1.09. The number of carbonyl (C=O) groups excluding carboxylic acids is 2. The molecule has 51 heavy (non-hydrogen) atoms. The zero-order valence-electron chi connectivity index (χ0n) is 31.0. The van der Waals surface area contributed by atoms with Gasteiger partial charge in [-0.05, 0) is 85.9 Å². The number of hydrogen-bond acceptors (Lipinski definition) is 6. The maximum atomic E-state index is 13.4. The molecule has 0 bridgehead atoms. The molecule has 0 spiro atoms. The van der Waals surface area contributed by atoms with E-state index >= 15 is 0 Å². The number of rotatable bonds is 15. The maximum absolute atomic E-state index is 13.4. The van der Waals surface area contributed by atoms with Crippen molar-refractivity contribution in [1.82, 2.24) is 0 Å². The van der Waals surface area contributed by atoms with E-state index in [1.807, 2.05) is 91.9 Å². The first-order valence-electron chi connectivity index (χ1n) is 18.3. The molecule has 1 aliphatic heterocycles. The molecule has 0 amide bonds. The summed E-state index contributed by atoms with van der Waals surface area (Å²) in [5, 5.41) is 0.946. The first-order valence-corrected chi connectivity index (χ1v) is 18.3. The number of aryl methyl sites for hydroxylation is 1. The fraction of sp³-hybridized carbons (Fsp3) is 0.422. The van der Waals surface area contributed by atoms with Crippen LogP contribution in [0, 0.1) is 42.4 Å². The molecule has 0 aliphatic carbocycles. The fourth-order valence-corrected chi connectivity index (χ4v) is 6.71. The van der Waals surface area contributed by atoms with Gasteiger partial charge in [-0.25, -0.2) is 4.79 Å². The van der Waals surface area contributed by atoms with E-state index in [1.54, 1.807) is 0 Å². The molecule has 268 valence electrons. The van der Waals surface area contributed by atoms with Crippen LogP contribution in [0.1, 0.15) is 88.3 Å². The summed E-state index contributed by atoms with van der Waals surface area (Å²) in [6.45, 7) is 13.2. The summed E-state index contributed by atoms with van der Waals surface area (Å²) in [5.41, 5.74) is 4.28. The summed E-state index contributed by atoms with van der Waals surface area (Å²) in [5.74, 6) is 7.53. The molecule has 6 nitrogen and oxygen atoms in total. The average molecular weight is 689 g/mol. The quantitative estimate of drug-likeness (QED) is 0.0703. The number of furan rings is 1. The monoisotopic (exact) mass is 688 g/mol. The molecular formula is C45H52O6. The first-order chi connectivity index (χ1) is 24.5. The Hall–Kier alpha value is -4.60. The summed E-state index contributed by atoms with van der Waals surface area (Å²) in [6.07, 6.45) is 5.77. The normalized spacial score (nSPS) is 17.3. The first kappa shape index (κ1) is 37.7. The van der Waals surface area contributed by atoms with E-state index in [2.05, 4.69) is 46.5 Å². The number of allylic oxidation sites excluding steroid dienone is 1. The Balaban J connectivity index is 1.23. The molecule has 1 saturated heterocycles. The summed E-state index contributed by atoms with van der Waals surface area (Å²) in [4.78, 5) is 26.6. The van der Waals surface area contributed by atoms with Crippen LogP contribution in [0.25, 0.3) is 11.0 Å². The van der Waals surface area contributed by atoms with Crippen LogP contribution in [0.15, 0.2) is 94.9 Å². The largest absolute Gasteiger partial charge is 0.461 e. The maximum Gasteiger partial charge on any atom is 0.334 e. The highest BCUT2D eigenvalue weighted by molar-refractivity contribution is 5.91. The van der Waals surface area contributed by atoms with Gasteiger partial charge in [0.1, 0.15) is 18.0 Å². The van der Waals surface area contributed by atoms with E-state index in [1.165, 1.54) is 5.56 Å². The van der Waals surface area contributed by atoms with Crippen LogP contribution >= 0.6 is 0 Å². The summed E-state index contributed by atoms with van der Waals surface area (Å²) < 4.78 is 24.1. The van der Waals surface area contributed by atoms with Gasteiger partial charge in [0.05, 0.1) is 19.1 Å². The topological polar surface area (TPSA) is 75.0 Å². The van der Waals surface area contributed by atoms with Crippen LogP contribution in [-0.4, -0.2) is 30.8 Å². The molecule has 6 heteroatoms. The Labute approximate surface area is 303 Å². The molecule has 1 fully saturated rings. The number of fused-ring (bicyclic) bond motifs is 1. The molecule has 1 aliphatic rings. The van der Waals surface area contributed by atoms with Crippen LogP contribution in [0.5, 0.6) is 0 Å². The van der Waals surface area contributed by atoms with Crippen molar-refractivity contribution in [1.29, 1.82) is 0 Å². The van der Waals surface area contributed by atoms with Crippen LogP contribution < -0.4 is 0 Å². The van der Waals surface area contributed by atoms with E-state index in [-0.39, 0.29) is 25.2 Å². The van der Waals surface area contributed by atoms with Crippen molar-refractivity contribution < 1.29 is 28.2 Å². The highest BCUT2D eigenvalue weighted by Gasteiger charge is 2.45. The Bertz CT molecular complexity index is 1840. The van der Waals surface area contributed by atoms with Crippen molar-refractivity contribution in [2.45, 2.75) is 85.9 Å². The number of hydrogen-bond donors (Lipinski definition) is 0. The van der Waals surface area contributed by atoms with Gasteiger partial charge in [0, 0.05) is 34.9 Å². The number of benzene rings is 3. The van der Waals surface area contributed by atoms with E-state index in [4.69, 9.17) is 18.6 Å². The Kier molecular flexibility index (Phi) is 13.0. The molecule has 0 unspecified atom stereocenters. The summed E-state index contributed by atoms with van der Waals surface area (Å²) in [7, 11) is 0. The van der Waals surface area contributed by atoms with Crippen LogP contribution in [0.2, 0.25) is 0 Å². The zero-order valence-corrected chi connectivity index (χ0v) is 31.0. The van der Waals surface area contributed by atoms with Crippen molar-refractivity contribution in [2.24, 2.45) is 23.7 Å². The lowest BCUT2D eigenvalue weighted by atomic mass is 9.86. The van der Waals surface area contributed by atoms with Gasteiger partial charge in [-0.1, -0.05) is 101 Å². The molecule has 0 radical (unpaired) electrons. The highest BCUT2D eigenvalue weighted by atomic mass is 16.6. The number of carbonyl (C=O) groups is 2. The van der Waals surface area contributed by atoms with E-state index in [0.717, 1.165) is 46.9 Å². The molecule has 0 saturated carbocycles. The van der Waals surface area contributed by atoms with Crippen molar-refractivity contribution in [3.05, 3.63) is 119 Å². The molecule has 2 atom stereocenters. The van der Waals surface area contributed by atoms with E-state index in [9.17, 15) is 9.59 Å². The van der Waals surface area contributed by atoms with Crippen molar-refractivity contribution in [3.63, 3.8) is 0 Å². The molecule has 0 N–H and O–H groups in total. The van der Waals surface area contributed by atoms with Gasteiger partial charge in [0.25, 0.3) is 0 Å². The number of cyclic esters (lactones) is 1. The van der Waals surface area contributed by atoms with E-state index < -0.39 is 11.5 Å². The Morgan fingerprint density at radius 3 is 2.27 bits per heavy atom. The third-order valence-corrected chi connectivity index (χ3v) is 9.23. The predicted molar refractivity (Wildman–Crippen MR) is 202 cm³/mol. The Morgan fingerprint density at radius 1 is 0.882 bits per heavy atom. The standard InChI is InChI=1S/C45H52O6/c1-31(2)22-38(23-32(3)4)19-21-40-27-45(51-44(40)47,29-48-28-37-10-8-7-9-11-37)30-49-43(46)34(6)24-41-26-39-20-18-36(25-42(39)50-41)17-16-35-14-12-33(5)13-15-35/h7-15,18,20-21,25-26,31-32,34,38H,19,22-24,27-30H2,1-6H3/b40-21+/t34-,45+/m0/s1. The molecule has 5 rings (SSSR count). The van der Waals surface area contributed by atoms with Crippen molar-refractivity contribution in [2.75, 3.05) is 13.2 Å². The third kappa shape index (κ3) is 11.2. The second-order valence-corrected chi connectivity index (χ2v) is 15.1.